The van der Waals surface area contributed by atoms with Gasteiger partial charge in [0.2, 0.25) is 0 Å². The average Bonchev–Trinajstić information content (AvgIpc) is 2.42. The Morgan fingerprint density at radius 2 is 2.15 bits per heavy atom. The number of unbranched alkanes of at least 4 members (excludes halogenated alkanes) is 3. The van der Waals surface area contributed by atoms with Gasteiger partial charge < -0.3 is 5.32 Å². The van der Waals surface area contributed by atoms with Crippen LogP contribution in [0.1, 0.15) is 44.6 Å². The summed E-state index contributed by atoms with van der Waals surface area (Å²) in [6.45, 7) is 6.70. The summed E-state index contributed by atoms with van der Waals surface area (Å²) in [4.78, 5) is 0. The highest BCUT2D eigenvalue weighted by molar-refractivity contribution is 6.31. The van der Waals surface area contributed by atoms with Crippen molar-refractivity contribution < 1.29 is 4.39 Å². The quantitative estimate of drug-likeness (QED) is 0.466. The minimum Gasteiger partial charge on any atom is -0.314 e. The maximum Gasteiger partial charge on any atom is 0.127 e. The first-order valence-corrected chi connectivity index (χ1v) is 7.84. The number of nitrogens with one attached hydrogen (secondary N) is 1. The summed E-state index contributed by atoms with van der Waals surface area (Å²) < 4.78 is 13.8. The van der Waals surface area contributed by atoms with E-state index in [1.54, 1.807) is 12.1 Å². The van der Waals surface area contributed by atoms with E-state index in [0.717, 1.165) is 25.8 Å². The van der Waals surface area contributed by atoms with Gasteiger partial charge in [0.1, 0.15) is 5.82 Å². The third-order valence-corrected chi connectivity index (χ3v) is 3.82. The molecule has 0 heterocycles. The van der Waals surface area contributed by atoms with Gasteiger partial charge in [-0.05, 0) is 44.4 Å². The van der Waals surface area contributed by atoms with Crippen LogP contribution in [0.4, 0.5) is 4.39 Å². The van der Waals surface area contributed by atoms with E-state index in [2.05, 4.69) is 18.8 Å². The molecule has 0 spiro atoms. The van der Waals surface area contributed by atoms with Gasteiger partial charge in [-0.2, -0.15) is 0 Å². The van der Waals surface area contributed by atoms with Crippen molar-refractivity contribution in [2.75, 3.05) is 6.54 Å². The lowest BCUT2D eigenvalue weighted by Gasteiger charge is -2.19. The minimum atomic E-state index is -0.202. The summed E-state index contributed by atoms with van der Waals surface area (Å²) in [6, 6.07) is 5.18. The molecule has 1 unspecified atom stereocenters. The topological polar surface area (TPSA) is 12.0 Å². The predicted octanol–water partition coefficient (Wildman–Crippen LogP) is 5.14. The molecule has 0 aliphatic heterocycles. The first-order chi connectivity index (χ1) is 9.69. The van der Waals surface area contributed by atoms with Gasteiger partial charge in [-0.3, -0.25) is 0 Å². The lowest BCUT2D eigenvalue weighted by molar-refractivity contribution is 0.457. The SMILES string of the molecule is C=CCCCCCC(Cc1c(F)cccc1Cl)NCC. The molecular weight excluding hydrogens is 273 g/mol. The highest BCUT2D eigenvalue weighted by Gasteiger charge is 2.13. The number of hydrogen-bond acceptors (Lipinski definition) is 1. The van der Waals surface area contributed by atoms with Crippen LogP contribution < -0.4 is 5.32 Å². The Bertz CT molecular complexity index is 386. The van der Waals surface area contributed by atoms with Crippen molar-refractivity contribution in [2.45, 2.75) is 51.5 Å². The molecule has 112 valence electrons. The van der Waals surface area contributed by atoms with Gasteiger partial charge in [0, 0.05) is 16.6 Å². The Kier molecular flexibility index (Phi) is 8.56. The summed E-state index contributed by atoms with van der Waals surface area (Å²) >= 11 is 6.10. The first-order valence-electron chi connectivity index (χ1n) is 7.46. The lowest BCUT2D eigenvalue weighted by atomic mass is 9.99. The largest absolute Gasteiger partial charge is 0.314 e. The van der Waals surface area contributed by atoms with Crippen LogP contribution in [0.25, 0.3) is 0 Å². The molecule has 0 saturated heterocycles. The van der Waals surface area contributed by atoms with E-state index in [9.17, 15) is 4.39 Å². The average molecular weight is 298 g/mol. The van der Waals surface area contributed by atoms with Crippen LogP contribution in [0.5, 0.6) is 0 Å². The van der Waals surface area contributed by atoms with E-state index in [1.165, 1.54) is 18.9 Å². The zero-order valence-corrected chi connectivity index (χ0v) is 13.1. The van der Waals surface area contributed by atoms with Crippen molar-refractivity contribution in [1.29, 1.82) is 0 Å². The van der Waals surface area contributed by atoms with Gasteiger partial charge in [-0.25, -0.2) is 4.39 Å². The van der Waals surface area contributed by atoms with Crippen LogP contribution >= 0.6 is 11.6 Å². The van der Waals surface area contributed by atoms with Crippen LogP contribution in [-0.2, 0) is 6.42 Å². The maximum atomic E-state index is 13.8. The fourth-order valence-electron chi connectivity index (χ4n) is 2.39. The molecule has 0 amide bonds. The van der Waals surface area contributed by atoms with Crippen molar-refractivity contribution in [3.05, 3.63) is 47.3 Å². The molecule has 0 aliphatic rings. The van der Waals surface area contributed by atoms with E-state index >= 15 is 0 Å². The number of benzene rings is 1. The lowest BCUT2D eigenvalue weighted by Crippen LogP contribution is -2.31. The fourth-order valence-corrected chi connectivity index (χ4v) is 2.64. The van der Waals surface area contributed by atoms with Crippen molar-refractivity contribution >= 4 is 11.6 Å². The van der Waals surface area contributed by atoms with Gasteiger partial charge in [0.15, 0.2) is 0 Å². The number of halogens is 2. The van der Waals surface area contributed by atoms with Crippen molar-refractivity contribution in [3.63, 3.8) is 0 Å². The van der Waals surface area contributed by atoms with Crippen LogP contribution in [0.2, 0.25) is 5.02 Å². The van der Waals surface area contributed by atoms with Crippen molar-refractivity contribution in [3.8, 4) is 0 Å². The molecular formula is C17H25ClFN. The second kappa shape index (κ2) is 9.95. The third kappa shape index (κ3) is 6.06. The summed E-state index contributed by atoms with van der Waals surface area (Å²) in [5.74, 6) is -0.202. The Morgan fingerprint density at radius 3 is 2.80 bits per heavy atom. The second-order valence-corrected chi connectivity index (χ2v) is 5.49. The Balaban J connectivity index is 2.51. The molecule has 20 heavy (non-hydrogen) atoms. The molecule has 1 aromatic rings. The van der Waals surface area contributed by atoms with E-state index in [1.807, 2.05) is 6.08 Å². The van der Waals surface area contributed by atoms with Crippen LogP contribution in [0.15, 0.2) is 30.9 Å². The zero-order chi connectivity index (χ0) is 14.8. The monoisotopic (exact) mass is 297 g/mol. The molecule has 1 N–H and O–H groups in total. The molecule has 1 atom stereocenters. The predicted molar refractivity (Wildman–Crippen MR) is 85.9 cm³/mol. The Hall–Kier alpha value is -0.860. The normalized spacial score (nSPS) is 12.3. The van der Waals surface area contributed by atoms with E-state index in [0.29, 0.717) is 17.0 Å². The van der Waals surface area contributed by atoms with Gasteiger partial charge in [0.05, 0.1) is 0 Å². The zero-order valence-electron chi connectivity index (χ0n) is 12.3. The molecule has 0 bridgehead atoms. The van der Waals surface area contributed by atoms with E-state index < -0.39 is 0 Å². The van der Waals surface area contributed by atoms with Crippen molar-refractivity contribution in [2.24, 2.45) is 0 Å². The number of allylic oxidation sites excluding steroid dienone is 1. The van der Waals surface area contributed by atoms with Gasteiger partial charge in [-0.15, -0.1) is 6.58 Å². The summed E-state index contributed by atoms with van der Waals surface area (Å²) in [5, 5.41) is 3.96. The molecule has 1 nitrogen and oxygen atoms in total. The van der Waals surface area contributed by atoms with Crippen molar-refractivity contribution in [1.82, 2.24) is 5.32 Å². The summed E-state index contributed by atoms with van der Waals surface area (Å²) in [6.07, 6.45) is 8.27. The summed E-state index contributed by atoms with van der Waals surface area (Å²) in [7, 11) is 0. The van der Waals surface area contributed by atoms with Gasteiger partial charge in [0.25, 0.3) is 0 Å². The number of rotatable bonds is 10. The molecule has 0 radical (unpaired) electrons. The van der Waals surface area contributed by atoms with Crippen LogP contribution in [0.3, 0.4) is 0 Å². The standard InChI is InChI=1S/C17H25ClFN/c1-3-5-6-7-8-10-14(20-4-2)13-15-16(18)11-9-12-17(15)19/h3,9,11-12,14,20H,1,4-8,10,13H2,2H3. The van der Waals surface area contributed by atoms with Gasteiger partial charge in [-0.1, -0.05) is 43.5 Å². The number of likely N-dealkylation sites (N-methyl/N-ethyl adjacent to an activating group) is 1. The third-order valence-electron chi connectivity index (χ3n) is 3.47. The van der Waals surface area contributed by atoms with Crippen LogP contribution in [0, 0.1) is 5.82 Å². The minimum absolute atomic E-state index is 0.202. The molecule has 3 heteroatoms. The molecule has 0 saturated carbocycles. The number of hydrogen-bond donors (Lipinski definition) is 1. The molecule has 1 rings (SSSR count). The first kappa shape index (κ1) is 17.2. The second-order valence-electron chi connectivity index (χ2n) is 5.09. The van der Waals surface area contributed by atoms with Crippen LogP contribution in [-0.4, -0.2) is 12.6 Å². The highest BCUT2D eigenvalue weighted by atomic mass is 35.5. The highest BCUT2D eigenvalue weighted by Crippen LogP contribution is 2.22. The van der Waals surface area contributed by atoms with E-state index in [-0.39, 0.29) is 11.9 Å². The fraction of sp³-hybridized carbons (Fsp3) is 0.529. The smallest absolute Gasteiger partial charge is 0.127 e. The molecule has 1 aromatic carbocycles. The Labute approximate surface area is 127 Å². The Morgan fingerprint density at radius 1 is 1.35 bits per heavy atom. The maximum absolute atomic E-state index is 13.8. The molecule has 0 aliphatic carbocycles. The van der Waals surface area contributed by atoms with E-state index in [4.69, 9.17) is 11.6 Å². The molecule has 0 fully saturated rings. The molecule has 0 aromatic heterocycles. The van der Waals surface area contributed by atoms with Gasteiger partial charge >= 0.3 is 0 Å². The summed E-state index contributed by atoms with van der Waals surface area (Å²) in [5.41, 5.74) is 0.631.